The van der Waals surface area contributed by atoms with Crippen LogP contribution in [-0.4, -0.2) is 36.6 Å². The van der Waals surface area contributed by atoms with Crippen molar-refractivity contribution in [3.8, 4) is 5.75 Å². The molecule has 1 aliphatic rings. The summed E-state index contributed by atoms with van der Waals surface area (Å²) < 4.78 is 4.98. The van der Waals surface area contributed by atoms with Gasteiger partial charge >= 0.3 is 5.69 Å². The minimum absolute atomic E-state index is 0. The van der Waals surface area contributed by atoms with Crippen LogP contribution in [0, 0.1) is 10.1 Å². The number of nitrogens with one attached hydrogen (secondary N) is 2. The average Bonchev–Trinajstić information content (AvgIpc) is 2.46. The molecule has 2 N–H and O–H groups in total. The molecule has 122 valence electrons. The molecule has 1 fully saturated rings. The van der Waals surface area contributed by atoms with Crippen LogP contribution in [0.2, 0.25) is 0 Å². The van der Waals surface area contributed by atoms with Gasteiger partial charge in [-0.05, 0) is 38.9 Å². The highest BCUT2D eigenvalue weighted by Crippen LogP contribution is 2.28. The second-order valence-corrected chi connectivity index (χ2v) is 5.41. The molecule has 2 rings (SSSR count). The maximum Gasteiger partial charge on any atom is 0.310 e. The van der Waals surface area contributed by atoms with Crippen LogP contribution < -0.4 is 15.4 Å². The third-order valence-electron chi connectivity index (χ3n) is 3.76. The van der Waals surface area contributed by atoms with Gasteiger partial charge in [-0.15, -0.1) is 12.4 Å². The number of carbonyl (C=O) groups excluding carboxylic acids is 1. The number of methoxy groups -OCH3 is 1. The van der Waals surface area contributed by atoms with Gasteiger partial charge < -0.3 is 15.4 Å². The number of nitro groups is 1. The Morgan fingerprint density at radius 2 is 2.05 bits per heavy atom. The first-order valence-electron chi connectivity index (χ1n) is 6.81. The topological polar surface area (TPSA) is 93.5 Å². The summed E-state index contributed by atoms with van der Waals surface area (Å²) in [6, 6.07) is 4.14. The summed E-state index contributed by atoms with van der Waals surface area (Å²) >= 11 is 0. The van der Waals surface area contributed by atoms with Gasteiger partial charge in [0, 0.05) is 23.2 Å². The lowest BCUT2D eigenvalue weighted by Gasteiger charge is -2.35. The van der Waals surface area contributed by atoms with Gasteiger partial charge in [0.1, 0.15) is 0 Å². The van der Waals surface area contributed by atoms with Crippen LogP contribution in [0.25, 0.3) is 0 Å². The zero-order valence-electron chi connectivity index (χ0n) is 12.5. The molecule has 0 bridgehead atoms. The van der Waals surface area contributed by atoms with E-state index in [4.69, 9.17) is 4.74 Å². The summed E-state index contributed by atoms with van der Waals surface area (Å²) in [5.41, 5.74) is -0.0449. The van der Waals surface area contributed by atoms with Gasteiger partial charge in [0.25, 0.3) is 5.91 Å². The fourth-order valence-corrected chi connectivity index (χ4v) is 2.42. The molecule has 1 saturated heterocycles. The van der Waals surface area contributed by atoms with Crippen molar-refractivity contribution in [3.05, 3.63) is 33.9 Å². The summed E-state index contributed by atoms with van der Waals surface area (Å²) in [5, 5.41) is 17.1. The first-order valence-corrected chi connectivity index (χ1v) is 6.81. The van der Waals surface area contributed by atoms with Gasteiger partial charge in [-0.25, -0.2) is 0 Å². The Labute approximate surface area is 135 Å². The molecule has 1 aliphatic heterocycles. The summed E-state index contributed by atoms with van der Waals surface area (Å²) in [5.74, 6) is -0.157. The minimum Gasteiger partial charge on any atom is -0.490 e. The molecule has 1 heterocycles. The maximum atomic E-state index is 12.3. The number of hydrogen-bond acceptors (Lipinski definition) is 5. The van der Waals surface area contributed by atoms with E-state index in [2.05, 4.69) is 10.6 Å². The number of benzene rings is 1. The predicted molar refractivity (Wildman–Crippen MR) is 84.9 cm³/mol. The van der Waals surface area contributed by atoms with E-state index in [1.54, 1.807) is 0 Å². The Bertz CT molecular complexity index is 559. The van der Waals surface area contributed by atoms with Crippen LogP contribution in [0.5, 0.6) is 5.75 Å². The fraction of sp³-hybridized carbons (Fsp3) is 0.500. The number of piperidine rings is 1. The molecule has 1 aromatic rings. The van der Waals surface area contributed by atoms with Gasteiger partial charge in [0.05, 0.1) is 12.0 Å². The van der Waals surface area contributed by atoms with E-state index in [9.17, 15) is 14.9 Å². The zero-order chi connectivity index (χ0) is 15.5. The first kappa shape index (κ1) is 18.2. The molecule has 0 unspecified atom stereocenters. The lowest BCUT2D eigenvalue weighted by Crippen LogP contribution is -2.52. The van der Waals surface area contributed by atoms with E-state index < -0.39 is 4.92 Å². The van der Waals surface area contributed by atoms with Crippen molar-refractivity contribution in [3.63, 3.8) is 0 Å². The predicted octanol–water partition coefficient (Wildman–Crippen LogP) is 1.90. The highest BCUT2D eigenvalue weighted by Gasteiger charge is 2.29. The number of nitro benzene ring substituents is 1. The lowest BCUT2D eigenvalue weighted by atomic mass is 9.90. The van der Waals surface area contributed by atoms with Crippen molar-refractivity contribution in [2.24, 2.45) is 0 Å². The molecule has 1 amide bonds. The summed E-state index contributed by atoms with van der Waals surface area (Å²) in [6.07, 6.45) is 1.70. The number of halogens is 1. The molecule has 7 nitrogen and oxygen atoms in total. The number of amides is 1. The Hall–Kier alpha value is -1.86. The lowest BCUT2D eigenvalue weighted by molar-refractivity contribution is -0.385. The molecule has 22 heavy (non-hydrogen) atoms. The van der Waals surface area contributed by atoms with Crippen LogP contribution in [0.3, 0.4) is 0 Å². The Morgan fingerprint density at radius 1 is 1.41 bits per heavy atom. The van der Waals surface area contributed by atoms with Crippen molar-refractivity contribution >= 4 is 24.0 Å². The first-order chi connectivity index (χ1) is 9.95. The highest BCUT2D eigenvalue weighted by atomic mass is 35.5. The third-order valence-corrected chi connectivity index (χ3v) is 3.76. The van der Waals surface area contributed by atoms with Crippen LogP contribution in [-0.2, 0) is 0 Å². The molecular formula is C14H20ClN3O4. The second-order valence-electron chi connectivity index (χ2n) is 5.41. The Morgan fingerprint density at radius 3 is 2.59 bits per heavy atom. The Balaban J connectivity index is 0.00000242. The van der Waals surface area contributed by atoms with Crippen LogP contribution in [0.15, 0.2) is 18.2 Å². The quantitative estimate of drug-likeness (QED) is 0.650. The van der Waals surface area contributed by atoms with Crippen molar-refractivity contribution < 1.29 is 14.5 Å². The molecule has 0 radical (unpaired) electrons. The number of hydrogen-bond donors (Lipinski definition) is 2. The van der Waals surface area contributed by atoms with Gasteiger partial charge in [-0.3, -0.25) is 14.9 Å². The van der Waals surface area contributed by atoms with E-state index in [-0.39, 0.29) is 35.3 Å². The normalized spacial score (nSPS) is 16.3. The van der Waals surface area contributed by atoms with Crippen LogP contribution >= 0.6 is 12.4 Å². The molecule has 0 aromatic heterocycles. The van der Waals surface area contributed by atoms with Crippen LogP contribution in [0.1, 0.15) is 30.1 Å². The largest absolute Gasteiger partial charge is 0.490 e. The van der Waals surface area contributed by atoms with Gasteiger partial charge in [0.15, 0.2) is 5.75 Å². The summed E-state index contributed by atoms with van der Waals surface area (Å²) in [6.45, 7) is 3.73. The highest BCUT2D eigenvalue weighted by molar-refractivity contribution is 5.95. The molecular weight excluding hydrogens is 310 g/mol. The van der Waals surface area contributed by atoms with E-state index in [1.165, 1.54) is 25.3 Å². The van der Waals surface area contributed by atoms with E-state index in [1.807, 2.05) is 6.92 Å². The van der Waals surface area contributed by atoms with Gasteiger partial charge in [0.2, 0.25) is 0 Å². The number of rotatable bonds is 4. The van der Waals surface area contributed by atoms with Gasteiger partial charge in [-0.1, -0.05) is 0 Å². The van der Waals surface area contributed by atoms with Crippen molar-refractivity contribution in [2.45, 2.75) is 25.3 Å². The van der Waals surface area contributed by atoms with Crippen molar-refractivity contribution in [1.29, 1.82) is 0 Å². The number of ether oxygens (including phenoxy) is 1. The minimum atomic E-state index is -0.533. The molecule has 0 saturated carbocycles. The average molecular weight is 330 g/mol. The standard InChI is InChI=1S/C14H19N3O4.ClH/c1-14(5-7-15-8-6-14)16-13(18)10-3-4-11(17(19)20)12(9-10)21-2;/h3-4,9,15H,5-8H2,1-2H3,(H,16,18);1H. The second kappa shape index (κ2) is 7.42. The van der Waals surface area contributed by atoms with Crippen molar-refractivity contribution in [1.82, 2.24) is 10.6 Å². The Kier molecular flexibility index (Phi) is 6.13. The fourth-order valence-electron chi connectivity index (χ4n) is 2.42. The molecule has 0 atom stereocenters. The number of carbonyl (C=O) groups is 1. The maximum absolute atomic E-state index is 12.3. The monoisotopic (exact) mass is 329 g/mol. The molecule has 0 spiro atoms. The third kappa shape index (κ3) is 4.08. The zero-order valence-corrected chi connectivity index (χ0v) is 13.4. The smallest absolute Gasteiger partial charge is 0.310 e. The molecule has 1 aromatic carbocycles. The van der Waals surface area contributed by atoms with Gasteiger partial charge in [-0.2, -0.15) is 0 Å². The van der Waals surface area contributed by atoms with Crippen molar-refractivity contribution in [2.75, 3.05) is 20.2 Å². The number of nitrogens with zero attached hydrogens (tertiary/aromatic N) is 1. The summed E-state index contributed by atoms with van der Waals surface area (Å²) in [7, 11) is 1.35. The van der Waals surface area contributed by atoms with Crippen LogP contribution in [0.4, 0.5) is 5.69 Å². The SMILES string of the molecule is COc1cc(C(=O)NC2(C)CCNCC2)ccc1[N+](=O)[O-].Cl. The van der Waals surface area contributed by atoms with E-state index in [0.29, 0.717) is 5.56 Å². The summed E-state index contributed by atoms with van der Waals surface area (Å²) in [4.78, 5) is 22.6. The van der Waals surface area contributed by atoms with E-state index in [0.717, 1.165) is 25.9 Å². The molecule has 8 heteroatoms. The van der Waals surface area contributed by atoms with E-state index >= 15 is 0 Å². The molecule has 0 aliphatic carbocycles.